The van der Waals surface area contributed by atoms with Crippen molar-refractivity contribution in [1.29, 1.82) is 0 Å². The lowest BCUT2D eigenvalue weighted by molar-refractivity contribution is -0.128. The number of Topliss-reactive ketones (excluding diaryl/α,β-unsaturated/α-hetero) is 1. The fourth-order valence-electron chi connectivity index (χ4n) is 3.43. The molecule has 3 aliphatic rings. The van der Waals surface area contributed by atoms with Gasteiger partial charge in [0.2, 0.25) is 0 Å². The van der Waals surface area contributed by atoms with Crippen LogP contribution >= 0.6 is 0 Å². The average molecular weight is 165 g/mol. The fraction of sp³-hybridized carbons (Fsp3) is 0.900. The van der Waals surface area contributed by atoms with Gasteiger partial charge in [0, 0.05) is 12.5 Å². The molecule has 2 nitrogen and oxygen atoms in total. The van der Waals surface area contributed by atoms with E-state index in [2.05, 4.69) is 4.90 Å². The van der Waals surface area contributed by atoms with Crippen molar-refractivity contribution in [3.05, 3.63) is 0 Å². The van der Waals surface area contributed by atoms with Crippen molar-refractivity contribution >= 4 is 5.78 Å². The first kappa shape index (κ1) is 7.07. The third kappa shape index (κ3) is 0.764. The minimum atomic E-state index is 0.359. The van der Waals surface area contributed by atoms with Crippen LogP contribution in [-0.4, -0.2) is 29.3 Å². The predicted octanol–water partition coefficient (Wildman–Crippen LogP) is 1.20. The van der Waals surface area contributed by atoms with Gasteiger partial charge in [-0.2, -0.15) is 0 Å². The Labute approximate surface area is 72.9 Å². The van der Waals surface area contributed by atoms with Crippen LogP contribution in [-0.2, 0) is 4.79 Å². The Morgan fingerprint density at radius 2 is 2.25 bits per heavy atom. The smallest absolute Gasteiger partial charge is 0.150 e. The second kappa shape index (κ2) is 2.32. The summed E-state index contributed by atoms with van der Waals surface area (Å²) < 4.78 is 0. The third-order valence-corrected chi connectivity index (χ3v) is 3.89. The molecule has 3 rings (SSSR count). The van der Waals surface area contributed by atoms with Gasteiger partial charge in [-0.15, -0.1) is 0 Å². The van der Waals surface area contributed by atoms with E-state index >= 15 is 0 Å². The van der Waals surface area contributed by atoms with Crippen LogP contribution in [0.25, 0.3) is 0 Å². The average Bonchev–Trinajstić information content (AvgIpc) is 2.24. The topological polar surface area (TPSA) is 20.3 Å². The van der Waals surface area contributed by atoms with Crippen LogP contribution in [0.4, 0.5) is 0 Å². The molecule has 0 saturated carbocycles. The van der Waals surface area contributed by atoms with Gasteiger partial charge in [-0.1, -0.05) is 0 Å². The summed E-state index contributed by atoms with van der Waals surface area (Å²) in [7, 11) is 0. The van der Waals surface area contributed by atoms with Crippen LogP contribution in [0.3, 0.4) is 0 Å². The summed E-state index contributed by atoms with van der Waals surface area (Å²) in [5.41, 5.74) is 0. The summed E-state index contributed by atoms with van der Waals surface area (Å²) in [5.74, 6) is 1.27. The molecule has 3 heterocycles. The predicted molar refractivity (Wildman–Crippen MR) is 45.9 cm³/mol. The highest BCUT2D eigenvalue weighted by molar-refractivity contribution is 5.86. The van der Waals surface area contributed by atoms with E-state index < -0.39 is 0 Å². The standard InChI is InChI=1S/C10H15NO/c12-9-4-3-8-6-7-2-1-5-11(8)10(7)9/h7-8,10H,1-6H2/t7-,8-,10+/m0/s1. The van der Waals surface area contributed by atoms with Gasteiger partial charge < -0.3 is 0 Å². The number of hydrogen-bond acceptors (Lipinski definition) is 2. The second-order valence-electron chi connectivity index (χ2n) is 4.48. The molecule has 4 atom stereocenters. The molecule has 0 N–H and O–H groups in total. The van der Waals surface area contributed by atoms with Crippen molar-refractivity contribution in [2.45, 2.75) is 44.2 Å². The Kier molecular flexibility index (Phi) is 1.37. The van der Waals surface area contributed by atoms with Gasteiger partial charge in [0.25, 0.3) is 0 Å². The molecular formula is C10H15NO. The maximum absolute atomic E-state index is 11.6. The Morgan fingerprint density at radius 1 is 1.33 bits per heavy atom. The monoisotopic (exact) mass is 165 g/mol. The van der Waals surface area contributed by atoms with Gasteiger partial charge in [0.05, 0.1) is 6.04 Å². The highest BCUT2D eigenvalue weighted by Gasteiger charge is 2.49. The number of carbonyl (C=O) groups excluding carboxylic acids is 1. The van der Waals surface area contributed by atoms with Crippen LogP contribution in [0.2, 0.25) is 0 Å². The molecule has 0 aromatic heterocycles. The Bertz CT molecular complexity index is 226. The highest BCUT2D eigenvalue weighted by Crippen LogP contribution is 2.43. The number of nitrogens with zero attached hydrogens (tertiary/aromatic N) is 1. The number of ketones is 1. The molecule has 66 valence electrons. The van der Waals surface area contributed by atoms with Gasteiger partial charge in [-0.3, -0.25) is 9.69 Å². The van der Waals surface area contributed by atoms with Gasteiger partial charge in [0.1, 0.15) is 5.78 Å². The quantitative estimate of drug-likeness (QED) is 0.537. The van der Waals surface area contributed by atoms with Crippen LogP contribution in [0.1, 0.15) is 32.1 Å². The summed E-state index contributed by atoms with van der Waals surface area (Å²) in [5, 5.41) is 0. The summed E-state index contributed by atoms with van der Waals surface area (Å²) in [4.78, 5) is 14.1. The lowest BCUT2D eigenvalue weighted by atomic mass is 9.89. The molecule has 12 heavy (non-hydrogen) atoms. The zero-order chi connectivity index (χ0) is 8.13. The lowest BCUT2D eigenvalue weighted by Crippen LogP contribution is -2.49. The van der Waals surface area contributed by atoms with Crippen LogP contribution < -0.4 is 0 Å². The van der Waals surface area contributed by atoms with E-state index in [0.29, 0.717) is 11.8 Å². The number of hydrogen-bond donors (Lipinski definition) is 0. The highest BCUT2D eigenvalue weighted by atomic mass is 16.1. The first-order valence-corrected chi connectivity index (χ1v) is 5.15. The zero-order valence-electron chi connectivity index (χ0n) is 7.33. The molecule has 0 radical (unpaired) electrons. The normalized spacial score (nSPS) is 51.2. The molecule has 3 saturated heterocycles. The Hall–Kier alpha value is -0.370. The Balaban J connectivity index is 1.97. The van der Waals surface area contributed by atoms with E-state index in [0.717, 1.165) is 24.8 Å². The van der Waals surface area contributed by atoms with E-state index in [-0.39, 0.29) is 0 Å². The lowest BCUT2D eigenvalue weighted by Gasteiger charge is -2.37. The van der Waals surface area contributed by atoms with E-state index in [9.17, 15) is 4.79 Å². The number of rotatable bonds is 0. The zero-order valence-corrected chi connectivity index (χ0v) is 7.33. The minimum absolute atomic E-state index is 0.359. The van der Waals surface area contributed by atoms with E-state index in [1.54, 1.807) is 0 Å². The van der Waals surface area contributed by atoms with E-state index in [1.165, 1.54) is 25.8 Å². The van der Waals surface area contributed by atoms with E-state index in [1.807, 2.05) is 0 Å². The van der Waals surface area contributed by atoms with Crippen molar-refractivity contribution in [3.8, 4) is 0 Å². The SMILES string of the molecule is O=C1CC[C@H]2C[C@@H]3CCCN2[C@@H]13. The van der Waals surface area contributed by atoms with E-state index in [4.69, 9.17) is 0 Å². The van der Waals surface area contributed by atoms with Crippen LogP contribution in [0, 0.1) is 5.92 Å². The van der Waals surface area contributed by atoms with Crippen LogP contribution in [0.5, 0.6) is 0 Å². The molecule has 0 spiro atoms. The number of carbonyl (C=O) groups is 1. The van der Waals surface area contributed by atoms with Crippen LogP contribution in [0.15, 0.2) is 0 Å². The van der Waals surface area contributed by atoms with Crippen molar-refractivity contribution < 1.29 is 4.79 Å². The van der Waals surface area contributed by atoms with Crippen molar-refractivity contribution in [3.63, 3.8) is 0 Å². The molecule has 4 bridgehead atoms. The fourth-order valence-corrected chi connectivity index (χ4v) is 3.43. The summed E-state index contributed by atoms with van der Waals surface area (Å²) in [6.07, 6.45) is 5.96. The van der Waals surface area contributed by atoms with Crippen molar-refractivity contribution in [2.24, 2.45) is 5.92 Å². The molecule has 1 unspecified atom stereocenters. The first-order valence-electron chi connectivity index (χ1n) is 5.15. The Morgan fingerprint density at radius 3 is 3.08 bits per heavy atom. The molecule has 2 heteroatoms. The molecule has 0 aromatic rings. The molecule has 0 amide bonds. The maximum atomic E-state index is 11.6. The minimum Gasteiger partial charge on any atom is -0.298 e. The summed E-state index contributed by atoms with van der Waals surface area (Å²) in [6.45, 7) is 1.19. The summed E-state index contributed by atoms with van der Waals surface area (Å²) >= 11 is 0. The molecular weight excluding hydrogens is 150 g/mol. The third-order valence-electron chi connectivity index (χ3n) is 3.89. The van der Waals surface area contributed by atoms with Gasteiger partial charge in [0.15, 0.2) is 0 Å². The first-order chi connectivity index (χ1) is 5.86. The van der Waals surface area contributed by atoms with Crippen molar-refractivity contribution in [1.82, 2.24) is 4.90 Å². The largest absolute Gasteiger partial charge is 0.298 e. The second-order valence-corrected chi connectivity index (χ2v) is 4.48. The van der Waals surface area contributed by atoms with Gasteiger partial charge >= 0.3 is 0 Å². The van der Waals surface area contributed by atoms with Gasteiger partial charge in [-0.25, -0.2) is 0 Å². The molecule has 3 fully saturated rings. The molecule has 3 aliphatic heterocycles. The van der Waals surface area contributed by atoms with Crippen molar-refractivity contribution in [2.75, 3.05) is 6.54 Å². The molecule has 0 aliphatic carbocycles. The molecule has 0 aromatic carbocycles. The number of piperidine rings is 2. The van der Waals surface area contributed by atoms with Gasteiger partial charge in [-0.05, 0) is 38.1 Å². The summed E-state index contributed by atoms with van der Waals surface area (Å²) in [6, 6.07) is 1.14. The maximum Gasteiger partial charge on any atom is 0.150 e.